The van der Waals surface area contributed by atoms with Crippen LogP contribution in [-0.4, -0.2) is 48.7 Å². The van der Waals surface area contributed by atoms with Crippen molar-refractivity contribution in [3.05, 3.63) is 36.8 Å². The van der Waals surface area contributed by atoms with Gasteiger partial charge in [-0.05, 0) is 56.2 Å². The SMILES string of the molecule is CC[C@]1(C(F)(F)F)CCC[C@H](N(c2ncc(-c3ccc(-c4cn[nH]c4)cc3O)nn2)C2CC2)C1. The Hall–Kier alpha value is -3.17. The van der Waals surface area contributed by atoms with Crippen LogP contribution in [0.25, 0.3) is 22.4 Å². The summed E-state index contributed by atoms with van der Waals surface area (Å²) in [6, 6.07) is 5.09. The zero-order chi connectivity index (χ0) is 23.9. The van der Waals surface area contributed by atoms with Crippen molar-refractivity contribution in [1.82, 2.24) is 25.4 Å². The maximum atomic E-state index is 14.0. The molecule has 2 atom stereocenters. The minimum absolute atomic E-state index is 0.0341. The van der Waals surface area contributed by atoms with Crippen LogP contribution in [-0.2, 0) is 0 Å². The summed E-state index contributed by atoms with van der Waals surface area (Å²) in [6.07, 6.45) is 4.08. The number of phenols is 1. The highest BCUT2D eigenvalue weighted by Gasteiger charge is 2.56. The molecule has 2 aromatic heterocycles. The van der Waals surface area contributed by atoms with Crippen molar-refractivity contribution in [2.75, 3.05) is 4.90 Å². The van der Waals surface area contributed by atoms with E-state index in [4.69, 9.17) is 0 Å². The van der Waals surface area contributed by atoms with E-state index in [1.807, 2.05) is 11.0 Å². The summed E-state index contributed by atoms with van der Waals surface area (Å²) in [4.78, 5) is 6.45. The topological polar surface area (TPSA) is 90.8 Å². The lowest BCUT2D eigenvalue weighted by atomic mass is 9.69. The van der Waals surface area contributed by atoms with E-state index in [-0.39, 0.29) is 37.1 Å². The van der Waals surface area contributed by atoms with Crippen molar-refractivity contribution >= 4 is 5.95 Å². The molecule has 0 aliphatic heterocycles. The highest BCUT2D eigenvalue weighted by molar-refractivity contribution is 5.73. The molecule has 0 radical (unpaired) electrons. The summed E-state index contributed by atoms with van der Waals surface area (Å²) in [5.41, 5.74) is 0.873. The Morgan fingerprint density at radius 3 is 2.53 bits per heavy atom. The summed E-state index contributed by atoms with van der Waals surface area (Å²) in [5, 5.41) is 25.8. The molecule has 0 saturated heterocycles. The number of phenolic OH excluding ortho intramolecular Hbond substituents is 1. The third-order valence-electron chi connectivity index (χ3n) is 7.32. The molecular weight excluding hydrogens is 445 g/mol. The van der Waals surface area contributed by atoms with E-state index < -0.39 is 11.6 Å². The molecule has 3 aromatic rings. The highest BCUT2D eigenvalue weighted by Crippen LogP contribution is 2.53. The molecule has 0 unspecified atom stereocenters. The fourth-order valence-corrected chi connectivity index (χ4v) is 5.17. The van der Waals surface area contributed by atoms with Crippen molar-refractivity contribution in [3.8, 4) is 28.1 Å². The van der Waals surface area contributed by atoms with Gasteiger partial charge in [0, 0.05) is 29.4 Å². The lowest BCUT2D eigenvalue weighted by molar-refractivity contribution is -0.237. The molecule has 1 aromatic carbocycles. The van der Waals surface area contributed by atoms with Crippen molar-refractivity contribution < 1.29 is 18.3 Å². The molecule has 0 amide bonds. The van der Waals surface area contributed by atoms with Crippen molar-refractivity contribution in [2.24, 2.45) is 5.41 Å². The summed E-state index contributed by atoms with van der Waals surface area (Å²) in [6.45, 7) is 1.63. The fraction of sp³-hybridized carbons (Fsp3) is 0.500. The Morgan fingerprint density at radius 1 is 1.12 bits per heavy atom. The second-order valence-corrected chi connectivity index (χ2v) is 9.38. The van der Waals surface area contributed by atoms with Gasteiger partial charge in [0.2, 0.25) is 5.95 Å². The first-order chi connectivity index (χ1) is 16.3. The quantitative estimate of drug-likeness (QED) is 0.492. The minimum Gasteiger partial charge on any atom is -0.507 e. The van der Waals surface area contributed by atoms with E-state index in [9.17, 15) is 18.3 Å². The fourth-order valence-electron chi connectivity index (χ4n) is 5.17. The van der Waals surface area contributed by atoms with E-state index in [0.717, 1.165) is 24.0 Å². The van der Waals surface area contributed by atoms with Crippen LogP contribution >= 0.6 is 0 Å². The lowest BCUT2D eigenvalue weighted by Crippen LogP contribution is -2.49. The van der Waals surface area contributed by atoms with Gasteiger partial charge in [0.25, 0.3) is 0 Å². The van der Waals surface area contributed by atoms with Crippen LogP contribution in [0.1, 0.15) is 51.9 Å². The molecule has 2 aliphatic carbocycles. The Kier molecular flexibility index (Phi) is 5.69. The number of alkyl halides is 3. The van der Waals surface area contributed by atoms with Crippen LogP contribution in [0.2, 0.25) is 0 Å². The van der Waals surface area contributed by atoms with Gasteiger partial charge in [0.1, 0.15) is 11.4 Å². The zero-order valence-electron chi connectivity index (χ0n) is 18.9. The molecule has 2 heterocycles. The van der Waals surface area contributed by atoms with Crippen LogP contribution in [0.3, 0.4) is 0 Å². The maximum Gasteiger partial charge on any atom is 0.394 e. The third-order valence-corrected chi connectivity index (χ3v) is 7.32. The number of rotatable bonds is 6. The predicted octanol–water partition coefficient (Wildman–Crippen LogP) is 5.50. The molecule has 34 heavy (non-hydrogen) atoms. The van der Waals surface area contributed by atoms with E-state index in [1.54, 1.807) is 31.5 Å². The molecule has 2 aliphatic rings. The highest BCUT2D eigenvalue weighted by atomic mass is 19.4. The molecule has 5 rings (SSSR count). The van der Waals surface area contributed by atoms with Crippen LogP contribution < -0.4 is 4.90 Å². The molecule has 7 nitrogen and oxygen atoms in total. The normalized spacial score (nSPS) is 23.1. The van der Waals surface area contributed by atoms with Crippen LogP contribution in [0, 0.1) is 5.41 Å². The number of aromatic hydroxyl groups is 1. The summed E-state index contributed by atoms with van der Waals surface area (Å²) in [5.74, 6) is 0.395. The van der Waals surface area contributed by atoms with Crippen LogP contribution in [0.15, 0.2) is 36.8 Å². The maximum absolute atomic E-state index is 14.0. The number of halogens is 3. The first-order valence-corrected chi connectivity index (χ1v) is 11.7. The Morgan fingerprint density at radius 2 is 1.94 bits per heavy atom. The molecule has 2 fully saturated rings. The third kappa shape index (κ3) is 4.10. The van der Waals surface area contributed by atoms with Gasteiger partial charge in [0.05, 0.1) is 17.8 Å². The number of nitrogens with zero attached hydrogens (tertiary/aromatic N) is 5. The van der Waals surface area contributed by atoms with Gasteiger partial charge < -0.3 is 10.0 Å². The molecule has 2 saturated carbocycles. The second-order valence-electron chi connectivity index (χ2n) is 9.38. The number of benzene rings is 1. The average molecular weight is 473 g/mol. The van der Waals surface area contributed by atoms with E-state index >= 15 is 0 Å². The number of hydrogen-bond donors (Lipinski definition) is 2. The van der Waals surface area contributed by atoms with Crippen LogP contribution in [0.4, 0.5) is 19.1 Å². The van der Waals surface area contributed by atoms with E-state index in [2.05, 4.69) is 25.4 Å². The van der Waals surface area contributed by atoms with E-state index in [1.165, 1.54) is 6.20 Å². The minimum atomic E-state index is -4.22. The van der Waals surface area contributed by atoms with Gasteiger partial charge in [-0.1, -0.05) is 19.4 Å². The Balaban J connectivity index is 1.40. The van der Waals surface area contributed by atoms with Gasteiger partial charge in [-0.25, -0.2) is 4.98 Å². The average Bonchev–Trinajstić information content (AvgIpc) is 3.50. The standard InChI is InChI=1S/C24H27F3N6O/c1-2-23(24(25,26)27)9-3-4-18(11-23)33(17-6-7-17)22-28-14-20(31-32-22)19-8-5-15(10-21(19)34)16-12-29-30-13-16/h5,8,10,12-14,17-18,34H,2-4,6-7,9,11H2,1H3,(H,29,30)/t18-,23-/m0/s1. The summed E-state index contributed by atoms with van der Waals surface area (Å²) < 4.78 is 41.9. The number of nitrogens with one attached hydrogen (secondary N) is 1. The van der Waals surface area contributed by atoms with E-state index in [0.29, 0.717) is 30.0 Å². The number of H-pyrrole nitrogens is 1. The number of anilines is 1. The number of hydrogen-bond acceptors (Lipinski definition) is 6. The predicted molar refractivity (Wildman–Crippen MR) is 121 cm³/mol. The number of aromatic nitrogens is 5. The van der Waals surface area contributed by atoms with Crippen molar-refractivity contribution in [2.45, 2.75) is 70.1 Å². The van der Waals surface area contributed by atoms with Gasteiger partial charge in [-0.2, -0.15) is 18.3 Å². The smallest absolute Gasteiger partial charge is 0.394 e. The number of aromatic amines is 1. The lowest BCUT2D eigenvalue weighted by Gasteiger charge is -2.45. The van der Waals surface area contributed by atoms with Gasteiger partial charge >= 0.3 is 6.18 Å². The van der Waals surface area contributed by atoms with Gasteiger partial charge in [-0.3, -0.25) is 5.10 Å². The Labute approximate surface area is 195 Å². The summed E-state index contributed by atoms with van der Waals surface area (Å²) in [7, 11) is 0. The zero-order valence-corrected chi connectivity index (χ0v) is 18.9. The molecular formula is C24H27F3N6O. The Bertz CT molecular complexity index is 1130. The van der Waals surface area contributed by atoms with Crippen molar-refractivity contribution in [3.63, 3.8) is 0 Å². The second kappa shape index (κ2) is 8.56. The molecule has 0 bridgehead atoms. The molecule has 2 N–H and O–H groups in total. The molecule has 10 heteroatoms. The van der Waals surface area contributed by atoms with Crippen LogP contribution in [0.5, 0.6) is 5.75 Å². The summed E-state index contributed by atoms with van der Waals surface area (Å²) >= 11 is 0. The first kappa shape index (κ1) is 22.6. The monoisotopic (exact) mass is 472 g/mol. The van der Waals surface area contributed by atoms with Crippen molar-refractivity contribution in [1.29, 1.82) is 0 Å². The first-order valence-electron chi connectivity index (χ1n) is 11.7. The van der Waals surface area contributed by atoms with Gasteiger partial charge in [0.15, 0.2) is 0 Å². The largest absolute Gasteiger partial charge is 0.507 e. The van der Waals surface area contributed by atoms with Gasteiger partial charge in [-0.15, -0.1) is 10.2 Å². The molecule has 0 spiro atoms. The molecule has 180 valence electrons.